The second kappa shape index (κ2) is 8.48. The molecule has 132 valence electrons. The number of aromatic nitrogens is 1. The number of carbonyl (C=O) groups is 1. The van der Waals surface area contributed by atoms with Crippen molar-refractivity contribution >= 4 is 11.8 Å². The van der Waals surface area contributed by atoms with E-state index in [0.717, 1.165) is 37.5 Å². The Morgan fingerprint density at radius 1 is 1.28 bits per heavy atom. The molecule has 0 saturated heterocycles. The van der Waals surface area contributed by atoms with Gasteiger partial charge in [0, 0.05) is 25.8 Å². The molecule has 2 N–H and O–H groups in total. The number of nitrogens with one attached hydrogen (secondary N) is 1. The quantitative estimate of drug-likeness (QED) is 0.718. The van der Waals surface area contributed by atoms with Crippen LogP contribution in [0.15, 0.2) is 42.6 Å². The van der Waals surface area contributed by atoms with Crippen molar-refractivity contribution in [2.45, 2.75) is 19.4 Å². The second-order valence-electron chi connectivity index (χ2n) is 6.13. The predicted molar refractivity (Wildman–Crippen MR) is 95.9 cm³/mol. The molecule has 0 aliphatic carbocycles. The molecule has 2 heterocycles. The first-order valence-electron chi connectivity index (χ1n) is 8.54. The summed E-state index contributed by atoms with van der Waals surface area (Å²) in [5, 5.41) is 12.2. The normalized spacial score (nSPS) is 13.9. The third-order valence-corrected chi connectivity index (χ3v) is 4.19. The first-order chi connectivity index (χ1) is 12.2. The summed E-state index contributed by atoms with van der Waals surface area (Å²) >= 11 is 0. The molecule has 2 aromatic rings. The standard InChI is InChI=1S/C19H23N3O3/c23-19(24)14-22-10-7-15-12-17(6-5-16(15)13-22)25-11-3-9-21-18-4-1-2-8-20-18/h1-2,4-6,8,12H,3,7,9-11,13-14H2,(H,20,21)(H,23,24). The molecule has 1 aliphatic rings. The van der Waals surface area contributed by atoms with Crippen LogP contribution in [0.1, 0.15) is 17.5 Å². The van der Waals surface area contributed by atoms with Gasteiger partial charge in [0.25, 0.3) is 0 Å². The van der Waals surface area contributed by atoms with Crippen molar-refractivity contribution in [2.75, 3.05) is 31.6 Å². The van der Waals surface area contributed by atoms with Crippen LogP contribution in [0.4, 0.5) is 5.82 Å². The largest absolute Gasteiger partial charge is 0.494 e. The Kier molecular flexibility index (Phi) is 5.85. The summed E-state index contributed by atoms with van der Waals surface area (Å²) in [6.45, 7) is 3.02. The Bertz CT molecular complexity index is 706. The van der Waals surface area contributed by atoms with Gasteiger partial charge in [0.05, 0.1) is 13.2 Å². The van der Waals surface area contributed by atoms with E-state index in [1.54, 1.807) is 6.20 Å². The number of aliphatic carboxylic acids is 1. The number of pyridine rings is 1. The van der Waals surface area contributed by atoms with Crippen LogP contribution < -0.4 is 10.1 Å². The summed E-state index contributed by atoms with van der Waals surface area (Å²) in [5.41, 5.74) is 2.45. The van der Waals surface area contributed by atoms with E-state index in [-0.39, 0.29) is 6.54 Å². The Morgan fingerprint density at radius 3 is 3.00 bits per heavy atom. The van der Waals surface area contributed by atoms with Gasteiger partial charge in [0.1, 0.15) is 11.6 Å². The van der Waals surface area contributed by atoms with E-state index in [2.05, 4.69) is 16.4 Å². The van der Waals surface area contributed by atoms with E-state index in [1.807, 2.05) is 35.2 Å². The molecule has 0 unspecified atom stereocenters. The monoisotopic (exact) mass is 341 g/mol. The van der Waals surface area contributed by atoms with Gasteiger partial charge in [0.2, 0.25) is 0 Å². The van der Waals surface area contributed by atoms with Gasteiger partial charge in [-0.3, -0.25) is 9.69 Å². The maximum atomic E-state index is 10.8. The molecule has 0 spiro atoms. The molecule has 1 aromatic heterocycles. The van der Waals surface area contributed by atoms with E-state index in [9.17, 15) is 4.79 Å². The minimum absolute atomic E-state index is 0.0982. The fourth-order valence-electron chi connectivity index (χ4n) is 2.95. The lowest BCUT2D eigenvalue weighted by atomic mass is 9.99. The Morgan fingerprint density at radius 2 is 2.20 bits per heavy atom. The number of fused-ring (bicyclic) bond motifs is 1. The van der Waals surface area contributed by atoms with Gasteiger partial charge in [-0.2, -0.15) is 0 Å². The van der Waals surface area contributed by atoms with Crippen LogP contribution in [-0.4, -0.2) is 47.2 Å². The number of ether oxygens (including phenoxy) is 1. The Hall–Kier alpha value is -2.60. The van der Waals surface area contributed by atoms with Gasteiger partial charge in [0.15, 0.2) is 0 Å². The molecular weight excluding hydrogens is 318 g/mol. The fourth-order valence-corrected chi connectivity index (χ4v) is 2.95. The number of hydrogen-bond acceptors (Lipinski definition) is 5. The molecular formula is C19H23N3O3. The summed E-state index contributed by atoms with van der Waals surface area (Å²) in [7, 11) is 0. The highest BCUT2D eigenvalue weighted by molar-refractivity contribution is 5.69. The van der Waals surface area contributed by atoms with E-state index in [4.69, 9.17) is 9.84 Å². The van der Waals surface area contributed by atoms with Crippen LogP contribution in [0.3, 0.4) is 0 Å². The first kappa shape index (κ1) is 17.2. The van der Waals surface area contributed by atoms with Crippen molar-refractivity contribution in [1.82, 2.24) is 9.88 Å². The highest BCUT2D eigenvalue weighted by Gasteiger charge is 2.18. The number of carboxylic acids is 1. The molecule has 0 amide bonds. The van der Waals surface area contributed by atoms with Gasteiger partial charge in [-0.25, -0.2) is 4.98 Å². The molecule has 0 bridgehead atoms. The number of benzene rings is 1. The molecule has 1 aliphatic heterocycles. The highest BCUT2D eigenvalue weighted by atomic mass is 16.5. The van der Waals surface area contributed by atoms with Crippen molar-refractivity contribution in [1.29, 1.82) is 0 Å². The maximum absolute atomic E-state index is 10.8. The lowest BCUT2D eigenvalue weighted by Gasteiger charge is -2.27. The lowest BCUT2D eigenvalue weighted by molar-refractivity contribution is -0.138. The molecule has 0 fully saturated rings. The summed E-state index contributed by atoms with van der Waals surface area (Å²) in [6, 6.07) is 11.9. The van der Waals surface area contributed by atoms with E-state index < -0.39 is 5.97 Å². The van der Waals surface area contributed by atoms with Crippen LogP contribution >= 0.6 is 0 Å². The van der Waals surface area contributed by atoms with Crippen LogP contribution in [-0.2, 0) is 17.8 Å². The van der Waals surface area contributed by atoms with Crippen LogP contribution in [0.2, 0.25) is 0 Å². The van der Waals surface area contributed by atoms with E-state index in [1.165, 1.54) is 11.1 Å². The van der Waals surface area contributed by atoms with Crippen molar-refractivity contribution in [3.8, 4) is 5.75 Å². The number of carboxylic acid groups (broad SMARTS) is 1. The number of anilines is 1. The van der Waals surface area contributed by atoms with Crippen molar-refractivity contribution < 1.29 is 14.6 Å². The summed E-state index contributed by atoms with van der Waals surface area (Å²) < 4.78 is 5.83. The fraction of sp³-hybridized carbons (Fsp3) is 0.368. The van der Waals surface area contributed by atoms with Gasteiger partial charge in [-0.15, -0.1) is 0 Å². The van der Waals surface area contributed by atoms with Crippen molar-refractivity contribution in [2.24, 2.45) is 0 Å². The van der Waals surface area contributed by atoms with Gasteiger partial charge in [-0.05, 0) is 48.2 Å². The topological polar surface area (TPSA) is 74.7 Å². The molecule has 6 heteroatoms. The molecule has 3 rings (SSSR count). The average Bonchev–Trinajstić information content (AvgIpc) is 2.62. The van der Waals surface area contributed by atoms with E-state index >= 15 is 0 Å². The zero-order chi connectivity index (χ0) is 17.5. The van der Waals surface area contributed by atoms with Gasteiger partial charge >= 0.3 is 5.97 Å². The van der Waals surface area contributed by atoms with Crippen LogP contribution in [0, 0.1) is 0 Å². The minimum atomic E-state index is -0.775. The lowest BCUT2D eigenvalue weighted by Crippen LogP contribution is -2.34. The zero-order valence-electron chi connectivity index (χ0n) is 14.1. The number of rotatable bonds is 8. The third kappa shape index (κ3) is 5.19. The Labute approximate surface area is 147 Å². The summed E-state index contributed by atoms with van der Waals surface area (Å²) in [4.78, 5) is 17.0. The minimum Gasteiger partial charge on any atom is -0.494 e. The van der Waals surface area contributed by atoms with Crippen molar-refractivity contribution in [3.05, 3.63) is 53.7 Å². The van der Waals surface area contributed by atoms with E-state index in [0.29, 0.717) is 13.2 Å². The molecule has 0 radical (unpaired) electrons. The van der Waals surface area contributed by atoms with Gasteiger partial charge in [-0.1, -0.05) is 12.1 Å². The number of hydrogen-bond donors (Lipinski definition) is 2. The third-order valence-electron chi connectivity index (χ3n) is 4.19. The Balaban J connectivity index is 1.43. The molecule has 0 atom stereocenters. The summed E-state index contributed by atoms with van der Waals surface area (Å²) in [6.07, 6.45) is 3.52. The zero-order valence-corrected chi connectivity index (χ0v) is 14.1. The molecule has 0 saturated carbocycles. The highest BCUT2D eigenvalue weighted by Crippen LogP contribution is 2.23. The smallest absolute Gasteiger partial charge is 0.317 e. The second-order valence-corrected chi connectivity index (χ2v) is 6.13. The predicted octanol–water partition coefficient (Wildman–Crippen LogP) is 2.41. The molecule has 6 nitrogen and oxygen atoms in total. The van der Waals surface area contributed by atoms with Crippen molar-refractivity contribution in [3.63, 3.8) is 0 Å². The number of nitrogens with zero attached hydrogens (tertiary/aromatic N) is 2. The maximum Gasteiger partial charge on any atom is 0.317 e. The SMILES string of the molecule is O=C(O)CN1CCc2cc(OCCCNc3ccccn3)ccc2C1. The first-order valence-corrected chi connectivity index (χ1v) is 8.54. The molecule has 25 heavy (non-hydrogen) atoms. The molecule has 1 aromatic carbocycles. The van der Waals surface area contributed by atoms with Crippen LogP contribution in [0.25, 0.3) is 0 Å². The average molecular weight is 341 g/mol. The summed E-state index contributed by atoms with van der Waals surface area (Å²) in [5.74, 6) is 0.980. The van der Waals surface area contributed by atoms with Gasteiger partial charge < -0.3 is 15.2 Å². The van der Waals surface area contributed by atoms with Crippen LogP contribution in [0.5, 0.6) is 5.75 Å².